The lowest BCUT2D eigenvalue weighted by molar-refractivity contribution is -0.132. The molecule has 2 heterocycles. The molecule has 0 spiro atoms. The number of fused-ring (bicyclic) bond motifs is 1. The molecule has 0 radical (unpaired) electrons. The van der Waals surface area contributed by atoms with Crippen LogP contribution in [-0.4, -0.2) is 49.6 Å². The van der Waals surface area contributed by atoms with Gasteiger partial charge in [0.25, 0.3) is 0 Å². The van der Waals surface area contributed by atoms with E-state index in [4.69, 9.17) is 9.47 Å². The van der Waals surface area contributed by atoms with Gasteiger partial charge in [-0.05, 0) is 37.0 Å². The smallest absolute Gasteiger partial charge is 0.227 e. The maximum atomic E-state index is 12.7. The van der Waals surface area contributed by atoms with E-state index in [1.54, 1.807) is 7.11 Å². The highest BCUT2D eigenvalue weighted by molar-refractivity contribution is 5.81. The molecule has 0 bridgehead atoms. The Kier molecular flexibility index (Phi) is 6.21. The van der Waals surface area contributed by atoms with E-state index in [0.717, 1.165) is 35.5 Å². The van der Waals surface area contributed by atoms with Gasteiger partial charge in [0.2, 0.25) is 11.8 Å². The third kappa shape index (κ3) is 4.58. The van der Waals surface area contributed by atoms with E-state index >= 15 is 0 Å². The van der Waals surface area contributed by atoms with Crippen LogP contribution in [0.2, 0.25) is 0 Å². The normalized spacial score (nSPS) is 18.8. The van der Waals surface area contributed by atoms with Gasteiger partial charge in [-0.15, -0.1) is 0 Å². The third-order valence-corrected chi connectivity index (χ3v) is 5.98. The molecule has 6 nitrogen and oxygen atoms in total. The van der Waals surface area contributed by atoms with Gasteiger partial charge < -0.3 is 19.7 Å². The number of amides is 2. The molecule has 0 saturated carbocycles. The fourth-order valence-corrected chi connectivity index (χ4v) is 4.21. The van der Waals surface area contributed by atoms with Crippen molar-refractivity contribution in [2.75, 3.05) is 26.8 Å². The zero-order chi connectivity index (χ0) is 20.9. The van der Waals surface area contributed by atoms with Crippen LogP contribution in [0, 0.1) is 5.92 Å². The van der Waals surface area contributed by atoms with Crippen LogP contribution in [0.4, 0.5) is 0 Å². The number of carbonyl (C=O) groups excluding carboxylic acids is 2. The first kappa shape index (κ1) is 20.3. The Morgan fingerprint density at radius 2 is 1.83 bits per heavy atom. The Balaban J connectivity index is 1.25. The molecule has 30 heavy (non-hydrogen) atoms. The van der Waals surface area contributed by atoms with Crippen LogP contribution in [0.3, 0.4) is 0 Å². The number of hydrogen-bond acceptors (Lipinski definition) is 4. The Labute approximate surface area is 177 Å². The van der Waals surface area contributed by atoms with Crippen molar-refractivity contribution in [3.63, 3.8) is 0 Å². The van der Waals surface area contributed by atoms with Gasteiger partial charge >= 0.3 is 0 Å². The number of methoxy groups -OCH3 is 1. The molecule has 2 amide bonds. The minimum Gasteiger partial charge on any atom is -0.496 e. The molecule has 2 aromatic carbocycles. The molecule has 4 rings (SSSR count). The summed E-state index contributed by atoms with van der Waals surface area (Å²) >= 11 is 0. The second-order valence-electron chi connectivity index (χ2n) is 7.97. The molecule has 1 atom stereocenters. The van der Waals surface area contributed by atoms with Gasteiger partial charge in [0.1, 0.15) is 18.1 Å². The number of benzene rings is 2. The van der Waals surface area contributed by atoms with E-state index in [9.17, 15) is 9.59 Å². The standard InChI is InChI=1S/C24H28N2O4/c1-29-21-8-4-2-7-18(21)15-23(27)26-12-10-20(11-13-26)25-24(28)19-14-17-6-3-5-9-22(17)30-16-19/h2-9,19-20H,10-16H2,1H3,(H,25,28). The average molecular weight is 408 g/mol. The van der Waals surface area contributed by atoms with Crippen LogP contribution in [0.25, 0.3) is 0 Å². The lowest BCUT2D eigenvalue weighted by atomic mass is 9.95. The predicted octanol–water partition coefficient (Wildman–Crippen LogP) is 2.60. The highest BCUT2D eigenvalue weighted by atomic mass is 16.5. The van der Waals surface area contributed by atoms with Crippen molar-refractivity contribution in [1.82, 2.24) is 10.2 Å². The predicted molar refractivity (Wildman–Crippen MR) is 114 cm³/mol. The first-order chi connectivity index (χ1) is 14.6. The van der Waals surface area contributed by atoms with E-state index in [1.807, 2.05) is 53.4 Å². The van der Waals surface area contributed by atoms with E-state index in [-0.39, 0.29) is 23.8 Å². The van der Waals surface area contributed by atoms with Crippen molar-refractivity contribution in [2.45, 2.75) is 31.7 Å². The third-order valence-electron chi connectivity index (χ3n) is 5.98. The molecule has 2 aliphatic rings. The fraction of sp³-hybridized carbons (Fsp3) is 0.417. The van der Waals surface area contributed by atoms with Crippen molar-refractivity contribution in [1.29, 1.82) is 0 Å². The van der Waals surface area contributed by atoms with Gasteiger partial charge in [-0.3, -0.25) is 9.59 Å². The fourth-order valence-electron chi connectivity index (χ4n) is 4.21. The van der Waals surface area contributed by atoms with Gasteiger partial charge in [0.05, 0.1) is 19.4 Å². The Morgan fingerprint density at radius 3 is 2.63 bits per heavy atom. The lowest BCUT2D eigenvalue weighted by Crippen LogP contribution is -2.49. The highest BCUT2D eigenvalue weighted by Crippen LogP contribution is 2.27. The summed E-state index contributed by atoms with van der Waals surface area (Å²) in [6.07, 6.45) is 2.58. The number of nitrogens with zero attached hydrogens (tertiary/aromatic N) is 1. The van der Waals surface area contributed by atoms with Crippen LogP contribution >= 0.6 is 0 Å². The van der Waals surface area contributed by atoms with Gasteiger partial charge in [-0.2, -0.15) is 0 Å². The van der Waals surface area contributed by atoms with Gasteiger partial charge in [-0.1, -0.05) is 36.4 Å². The molecule has 158 valence electrons. The van der Waals surface area contributed by atoms with E-state index in [1.165, 1.54) is 0 Å². The average Bonchev–Trinajstić information content (AvgIpc) is 2.79. The molecule has 0 aliphatic carbocycles. The molecule has 6 heteroatoms. The summed E-state index contributed by atoms with van der Waals surface area (Å²) in [6, 6.07) is 15.6. The highest BCUT2D eigenvalue weighted by Gasteiger charge is 2.29. The van der Waals surface area contributed by atoms with Gasteiger partial charge in [0.15, 0.2) is 0 Å². The number of piperidine rings is 1. The van der Waals surface area contributed by atoms with Crippen LogP contribution in [0.1, 0.15) is 24.0 Å². The Morgan fingerprint density at radius 1 is 1.10 bits per heavy atom. The molecule has 1 unspecified atom stereocenters. The number of ether oxygens (including phenoxy) is 2. The van der Waals surface area contributed by atoms with Crippen LogP contribution in [0.15, 0.2) is 48.5 Å². The van der Waals surface area contributed by atoms with Gasteiger partial charge in [0, 0.05) is 24.7 Å². The summed E-state index contributed by atoms with van der Waals surface area (Å²) in [5, 5.41) is 3.17. The number of para-hydroxylation sites is 2. The minimum absolute atomic E-state index is 0.0447. The second-order valence-corrected chi connectivity index (χ2v) is 7.97. The zero-order valence-electron chi connectivity index (χ0n) is 17.3. The topological polar surface area (TPSA) is 67.9 Å². The zero-order valence-corrected chi connectivity index (χ0v) is 17.3. The molecular formula is C24H28N2O4. The monoisotopic (exact) mass is 408 g/mol. The second kappa shape index (κ2) is 9.20. The quantitative estimate of drug-likeness (QED) is 0.826. The van der Waals surface area contributed by atoms with E-state index in [0.29, 0.717) is 32.5 Å². The van der Waals surface area contributed by atoms with Crippen molar-refractivity contribution < 1.29 is 19.1 Å². The largest absolute Gasteiger partial charge is 0.496 e. The Bertz CT molecular complexity index is 906. The summed E-state index contributed by atoms with van der Waals surface area (Å²) in [6.45, 7) is 1.73. The molecule has 2 aliphatic heterocycles. The van der Waals surface area contributed by atoms with Crippen molar-refractivity contribution >= 4 is 11.8 Å². The molecular weight excluding hydrogens is 380 g/mol. The molecule has 1 fully saturated rings. The minimum atomic E-state index is -0.162. The molecule has 1 N–H and O–H groups in total. The number of rotatable bonds is 5. The number of carbonyl (C=O) groups is 2. The lowest BCUT2D eigenvalue weighted by Gasteiger charge is -2.34. The van der Waals surface area contributed by atoms with Crippen LogP contribution in [0.5, 0.6) is 11.5 Å². The van der Waals surface area contributed by atoms with E-state index < -0.39 is 0 Å². The first-order valence-electron chi connectivity index (χ1n) is 10.5. The van der Waals surface area contributed by atoms with Crippen molar-refractivity contribution in [3.05, 3.63) is 59.7 Å². The van der Waals surface area contributed by atoms with Crippen LogP contribution < -0.4 is 14.8 Å². The summed E-state index contributed by atoms with van der Waals surface area (Å²) in [7, 11) is 1.62. The van der Waals surface area contributed by atoms with Crippen molar-refractivity contribution in [2.24, 2.45) is 5.92 Å². The number of hydrogen-bond donors (Lipinski definition) is 1. The number of nitrogens with one attached hydrogen (secondary N) is 1. The number of likely N-dealkylation sites (tertiary alicyclic amines) is 1. The summed E-state index contributed by atoms with van der Waals surface area (Å²) in [5.41, 5.74) is 1.98. The first-order valence-corrected chi connectivity index (χ1v) is 10.5. The molecule has 2 aromatic rings. The van der Waals surface area contributed by atoms with Crippen LogP contribution in [-0.2, 0) is 22.4 Å². The maximum absolute atomic E-state index is 12.7. The Hall–Kier alpha value is -3.02. The SMILES string of the molecule is COc1ccccc1CC(=O)N1CCC(NC(=O)C2COc3ccccc3C2)CC1. The van der Waals surface area contributed by atoms with Crippen molar-refractivity contribution in [3.8, 4) is 11.5 Å². The molecule has 1 saturated heterocycles. The summed E-state index contributed by atoms with van der Waals surface area (Å²) < 4.78 is 11.1. The van der Waals surface area contributed by atoms with Gasteiger partial charge in [-0.25, -0.2) is 0 Å². The summed E-state index contributed by atoms with van der Waals surface area (Å²) in [4.78, 5) is 27.3. The maximum Gasteiger partial charge on any atom is 0.227 e. The summed E-state index contributed by atoms with van der Waals surface area (Å²) in [5.74, 6) is 1.60. The molecule has 0 aromatic heterocycles. The van der Waals surface area contributed by atoms with E-state index in [2.05, 4.69) is 5.32 Å².